The summed E-state index contributed by atoms with van der Waals surface area (Å²) in [6, 6.07) is 7.74. The summed E-state index contributed by atoms with van der Waals surface area (Å²) in [5, 5.41) is 0. The molecule has 0 unspecified atom stereocenters. The maximum absolute atomic E-state index is 11.4. The predicted molar refractivity (Wildman–Crippen MR) is 62.9 cm³/mol. The Hall–Kier alpha value is -1.84. The van der Waals surface area contributed by atoms with Gasteiger partial charge in [0.1, 0.15) is 5.75 Å². The van der Waals surface area contributed by atoms with E-state index in [0.717, 1.165) is 17.7 Å². The molecule has 0 aromatic heterocycles. The first-order valence-corrected chi connectivity index (χ1v) is 5.66. The van der Waals surface area contributed by atoms with Crippen molar-refractivity contribution in [3.8, 4) is 5.75 Å². The van der Waals surface area contributed by atoms with Gasteiger partial charge in [-0.1, -0.05) is 12.1 Å². The zero-order valence-electron chi connectivity index (χ0n) is 9.81. The van der Waals surface area contributed by atoms with Crippen molar-refractivity contribution < 1.29 is 14.3 Å². The van der Waals surface area contributed by atoms with Crippen LogP contribution < -0.4 is 4.74 Å². The van der Waals surface area contributed by atoms with Crippen molar-refractivity contribution in [2.24, 2.45) is 0 Å². The molecule has 1 aliphatic heterocycles. The molecule has 0 saturated carbocycles. The lowest BCUT2D eigenvalue weighted by atomic mass is 10.1. The van der Waals surface area contributed by atoms with Crippen molar-refractivity contribution in [2.75, 3.05) is 20.2 Å². The van der Waals surface area contributed by atoms with Gasteiger partial charge in [0.25, 0.3) is 5.91 Å². The number of amides is 1. The molecule has 0 N–H and O–H groups in total. The van der Waals surface area contributed by atoms with Crippen LogP contribution in [0.5, 0.6) is 5.75 Å². The van der Waals surface area contributed by atoms with Crippen molar-refractivity contribution in [2.45, 2.75) is 12.8 Å². The van der Waals surface area contributed by atoms with Crippen molar-refractivity contribution in [3.63, 3.8) is 0 Å². The quantitative estimate of drug-likeness (QED) is 0.730. The Kier molecular flexibility index (Phi) is 3.42. The van der Waals surface area contributed by atoms with Crippen LogP contribution in [-0.4, -0.2) is 36.8 Å². The van der Waals surface area contributed by atoms with Gasteiger partial charge in [-0.2, -0.15) is 0 Å². The molecular weight excluding hydrogens is 218 g/mol. The molecule has 1 saturated heterocycles. The summed E-state index contributed by atoms with van der Waals surface area (Å²) in [4.78, 5) is 24.1. The summed E-state index contributed by atoms with van der Waals surface area (Å²) >= 11 is 0. The van der Waals surface area contributed by atoms with Crippen LogP contribution in [-0.2, 0) is 16.0 Å². The van der Waals surface area contributed by atoms with E-state index in [9.17, 15) is 9.59 Å². The average molecular weight is 233 g/mol. The van der Waals surface area contributed by atoms with Crippen molar-refractivity contribution >= 4 is 11.7 Å². The van der Waals surface area contributed by atoms with Gasteiger partial charge < -0.3 is 9.64 Å². The summed E-state index contributed by atoms with van der Waals surface area (Å²) in [5.41, 5.74) is 1.11. The van der Waals surface area contributed by atoms with Crippen LogP contribution in [0, 0.1) is 0 Å². The summed E-state index contributed by atoms with van der Waals surface area (Å²) in [7, 11) is 1.63. The third-order valence-electron chi connectivity index (χ3n) is 2.94. The largest absolute Gasteiger partial charge is 0.497 e. The molecule has 0 radical (unpaired) electrons. The predicted octanol–water partition coefficient (Wildman–Crippen LogP) is 1.04. The van der Waals surface area contributed by atoms with E-state index in [1.165, 1.54) is 0 Å². The number of hydrogen-bond donors (Lipinski definition) is 0. The smallest absolute Gasteiger partial charge is 0.290 e. The number of carbonyl (C=O) groups excluding carboxylic acids is 2. The first-order chi connectivity index (χ1) is 8.20. The Labute approximate surface area is 100 Å². The van der Waals surface area contributed by atoms with Crippen LogP contribution in [0.3, 0.4) is 0 Å². The molecule has 90 valence electrons. The van der Waals surface area contributed by atoms with Crippen LogP contribution >= 0.6 is 0 Å². The highest BCUT2D eigenvalue weighted by atomic mass is 16.5. The van der Waals surface area contributed by atoms with Gasteiger partial charge in [0.2, 0.25) is 5.78 Å². The number of methoxy groups -OCH3 is 1. The summed E-state index contributed by atoms with van der Waals surface area (Å²) in [6.07, 6.45) is 1.10. The van der Waals surface area contributed by atoms with E-state index < -0.39 is 0 Å². The monoisotopic (exact) mass is 233 g/mol. The van der Waals surface area contributed by atoms with Gasteiger partial charge in [0.15, 0.2) is 0 Å². The summed E-state index contributed by atoms with van der Waals surface area (Å²) in [5.74, 6) is 0.204. The van der Waals surface area contributed by atoms with E-state index in [4.69, 9.17) is 4.74 Å². The molecule has 4 heteroatoms. The normalized spacial score (nSPS) is 15.5. The lowest BCUT2D eigenvalue weighted by Gasteiger charge is -2.14. The Balaban J connectivity index is 1.93. The molecule has 1 fully saturated rings. The number of carbonyl (C=O) groups is 2. The minimum atomic E-state index is -0.340. The molecule has 0 bridgehead atoms. The lowest BCUT2D eigenvalue weighted by molar-refractivity contribution is -0.139. The number of ketones is 1. The standard InChI is InChI=1S/C13H15NO3/c1-17-11-4-2-3-10(9-11)5-7-14-8-6-12(15)13(14)16/h2-4,9H,5-8H2,1H3. The second kappa shape index (κ2) is 4.99. The molecule has 1 aliphatic rings. The van der Waals surface area contributed by atoms with E-state index in [-0.39, 0.29) is 11.7 Å². The van der Waals surface area contributed by atoms with Gasteiger partial charge in [-0.15, -0.1) is 0 Å². The summed E-state index contributed by atoms with van der Waals surface area (Å²) in [6.45, 7) is 1.15. The van der Waals surface area contributed by atoms with E-state index in [2.05, 4.69) is 0 Å². The number of nitrogens with zero attached hydrogens (tertiary/aromatic N) is 1. The second-order valence-electron chi connectivity index (χ2n) is 4.07. The third kappa shape index (κ3) is 2.64. The minimum Gasteiger partial charge on any atom is -0.497 e. The van der Waals surface area contributed by atoms with Crippen LogP contribution in [0.25, 0.3) is 0 Å². The number of hydrogen-bond acceptors (Lipinski definition) is 3. The molecule has 1 aromatic carbocycles. The van der Waals surface area contributed by atoms with Crippen LogP contribution in [0.1, 0.15) is 12.0 Å². The average Bonchev–Trinajstić information content (AvgIpc) is 2.68. The Morgan fingerprint density at radius 2 is 2.18 bits per heavy atom. The number of benzene rings is 1. The molecule has 1 aromatic rings. The molecule has 0 spiro atoms. The molecule has 4 nitrogen and oxygen atoms in total. The summed E-state index contributed by atoms with van der Waals surface area (Å²) < 4.78 is 5.13. The topological polar surface area (TPSA) is 46.6 Å². The Morgan fingerprint density at radius 3 is 2.82 bits per heavy atom. The highest BCUT2D eigenvalue weighted by Crippen LogP contribution is 2.14. The van der Waals surface area contributed by atoms with Crippen LogP contribution in [0.4, 0.5) is 0 Å². The number of ether oxygens (including phenoxy) is 1. The second-order valence-corrected chi connectivity index (χ2v) is 4.07. The van der Waals surface area contributed by atoms with Crippen LogP contribution in [0.15, 0.2) is 24.3 Å². The lowest BCUT2D eigenvalue weighted by Crippen LogP contribution is -2.29. The van der Waals surface area contributed by atoms with Crippen LogP contribution in [0.2, 0.25) is 0 Å². The van der Waals surface area contributed by atoms with Crippen molar-refractivity contribution in [1.82, 2.24) is 4.90 Å². The Morgan fingerprint density at radius 1 is 1.35 bits per heavy atom. The zero-order chi connectivity index (χ0) is 12.3. The van der Waals surface area contributed by atoms with Gasteiger partial charge in [0, 0.05) is 19.5 Å². The van der Waals surface area contributed by atoms with Gasteiger partial charge in [-0.25, -0.2) is 0 Å². The molecule has 0 atom stereocenters. The maximum Gasteiger partial charge on any atom is 0.290 e. The molecule has 1 heterocycles. The third-order valence-corrected chi connectivity index (χ3v) is 2.94. The number of Topliss-reactive ketones (excluding diaryl/α,β-unsaturated/α-hetero) is 1. The van der Waals surface area contributed by atoms with Gasteiger partial charge in [-0.05, 0) is 24.1 Å². The highest BCUT2D eigenvalue weighted by Gasteiger charge is 2.28. The van der Waals surface area contributed by atoms with E-state index in [1.807, 2.05) is 24.3 Å². The molecular formula is C13H15NO3. The Bertz CT molecular complexity index is 442. The fraction of sp³-hybridized carbons (Fsp3) is 0.385. The van der Waals surface area contributed by atoms with Crippen molar-refractivity contribution in [1.29, 1.82) is 0 Å². The maximum atomic E-state index is 11.4. The van der Waals surface area contributed by atoms with Gasteiger partial charge in [-0.3, -0.25) is 9.59 Å². The SMILES string of the molecule is COc1cccc(CCN2CCC(=O)C2=O)c1. The molecule has 2 rings (SSSR count). The zero-order valence-corrected chi connectivity index (χ0v) is 9.81. The van der Waals surface area contributed by atoms with E-state index in [0.29, 0.717) is 19.5 Å². The molecule has 1 amide bonds. The first kappa shape index (κ1) is 11.6. The van der Waals surface area contributed by atoms with Gasteiger partial charge >= 0.3 is 0 Å². The highest BCUT2D eigenvalue weighted by molar-refractivity contribution is 6.37. The fourth-order valence-corrected chi connectivity index (χ4v) is 1.93. The van der Waals surface area contributed by atoms with E-state index >= 15 is 0 Å². The molecule has 0 aliphatic carbocycles. The minimum absolute atomic E-state index is 0.268. The fourth-order valence-electron chi connectivity index (χ4n) is 1.93. The first-order valence-electron chi connectivity index (χ1n) is 5.66. The van der Waals surface area contributed by atoms with Crippen molar-refractivity contribution in [3.05, 3.63) is 29.8 Å². The van der Waals surface area contributed by atoms with E-state index in [1.54, 1.807) is 12.0 Å². The number of likely N-dealkylation sites (tertiary alicyclic amines) is 1. The molecule has 17 heavy (non-hydrogen) atoms. The van der Waals surface area contributed by atoms with Gasteiger partial charge in [0.05, 0.1) is 7.11 Å². The number of rotatable bonds is 4.